The summed E-state index contributed by atoms with van der Waals surface area (Å²) < 4.78 is 47.4. The molecule has 2 aromatic rings. The molecule has 1 amide bonds. The lowest BCUT2D eigenvalue weighted by Crippen LogP contribution is -2.48. The number of rotatable bonds is 3. The Morgan fingerprint density at radius 1 is 1.23 bits per heavy atom. The first-order valence-electron chi connectivity index (χ1n) is 9.08. The average molecular weight is 425 g/mol. The van der Waals surface area contributed by atoms with Gasteiger partial charge in [-0.05, 0) is 7.05 Å². The molecule has 30 heavy (non-hydrogen) atoms. The first kappa shape index (κ1) is 20.4. The van der Waals surface area contributed by atoms with Crippen LogP contribution in [0.25, 0.3) is 0 Å². The highest BCUT2D eigenvalue weighted by Gasteiger charge is 2.43. The second kappa shape index (κ2) is 7.42. The molecule has 3 heterocycles. The van der Waals surface area contributed by atoms with Crippen molar-refractivity contribution in [2.45, 2.75) is 24.9 Å². The maximum Gasteiger partial charge on any atom is 0.257 e. The zero-order valence-electron chi connectivity index (χ0n) is 15.7. The number of aliphatic hydroxyl groups excluding tert-OH is 1. The predicted octanol–water partition coefficient (Wildman–Crippen LogP) is 0.777. The molecule has 0 bridgehead atoms. The minimum absolute atomic E-state index is 0.0681. The van der Waals surface area contributed by atoms with Crippen molar-refractivity contribution in [3.63, 3.8) is 0 Å². The van der Waals surface area contributed by atoms with Crippen LogP contribution in [0.1, 0.15) is 33.9 Å². The van der Waals surface area contributed by atoms with Gasteiger partial charge in [0.1, 0.15) is 28.7 Å². The van der Waals surface area contributed by atoms with Crippen LogP contribution in [-0.2, 0) is 11.3 Å². The molecular formula is C19H18F3N3O5. The lowest BCUT2D eigenvalue weighted by Gasteiger charge is -2.40. The Labute approximate surface area is 168 Å². The molecule has 0 spiro atoms. The van der Waals surface area contributed by atoms with Crippen molar-refractivity contribution in [2.24, 2.45) is 0 Å². The van der Waals surface area contributed by atoms with Crippen LogP contribution in [-0.4, -0.2) is 51.9 Å². The Hall–Kier alpha value is -2.89. The van der Waals surface area contributed by atoms with Gasteiger partial charge in [0.15, 0.2) is 12.0 Å². The number of likely N-dealkylation sites (N-methyl/N-ethyl adjacent to an activating group) is 1. The summed E-state index contributed by atoms with van der Waals surface area (Å²) in [6, 6.07) is 0.344. The van der Waals surface area contributed by atoms with Crippen LogP contribution in [0.4, 0.5) is 13.2 Å². The minimum atomic E-state index is -1.29. The molecule has 0 saturated carbocycles. The van der Waals surface area contributed by atoms with Crippen molar-refractivity contribution >= 4 is 5.91 Å². The molecule has 11 heteroatoms. The lowest BCUT2D eigenvalue weighted by molar-refractivity contribution is -0.0432. The summed E-state index contributed by atoms with van der Waals surface area (Å²) in [4.78, 5) is 26.6. The number of amides is 1. The third-order valence-electron chi connectivity index (χ3n) is 5.56. The molecule has 1 fully saturated rings. The SMILES string of the molecule is CN1C(O)c2c(O)c(=O)c(C(=O)NCc3c(F)cc(F)cc3F)cn2[C@H]2COC[C@H]21. The molecule has 0 radical (unpaired) electrons. The van der Waals surface area contributed by atoms with Gasteiger partial charge in [-0.25, -0.2) is 13.2 Å². The first-order chi connectivity index (χ1) is 14.2. The number of fused-ring (bicyclic) bond motifs is 3. The van der Waals surface area contributed by atoms with Crippen molar-refractivity contribution in [2.75, 3.05) is 20.3 Å². The Balaban J connectivity index is 1.67. The van der Waals surface area contributed by atoms with Gasteiger partial charge in [-0.1, -0.05) is 0 Å². The smallest absolute Gasteiger partial charge is 0.257 e. The molecule has 0 aliphatic carbocycles. The van der Waals surface area contributed by atoms with Gasteiger partial charge in [0.05, 0.1) is 25.3 Å². The number of carbonyl (C=O) groups excluding carboxylic acids is 1. The van der Waals surface area contributed by atoms with Gasteiger partial charge in [-0.15, -0.1) is 0 Å². The first-order valence-corrected chi connectivity index (χ1v) is 9.08. The predicted molar refractivity (Wildman–Crippen MR) is 96.2 cm³/mol. The van der Waals surface area contributed by atoms with E-state index in [1.807, 2.05) is 0 Å². The Kier molecular flexibility index (Phi) is 5.04. The molecule has 4 rings (SSSR count). The summed E-state index contributed by atoms with van der Waals surface area (Å²) >= 11 is 0. The van der Waals surface area contributed by atoms with E-state index in [1.54, 1.807) is 11.9 Å². The minimum Gasteiger partial charge on any atom is -0.503 e. The normalized spacial score (nSPS) is 23.2. The zero-order chi connectivity index (χ0) is 21.7. The fourth-order valence-electron chi connectivity index (χ4n) is 3.89. The second-order valence-corrected chi connectivity index (χ2v) is 7.25. The molecule has 1 unspecified atom stereocenters. The van der Waals surface area contributed by atoms with Crippen molar-refractivity contribution in [3.05, 3.63) is 62.8 Å². The van der Waals surface area contributed by atoms with Crippen LogP contribution < -0.4 is 10.7 Å². The third-order valence-corrected chi connectivity index (χ3v) is 5.56. The Morgan fingerprint density at radius 2 is 1.87 bits per heavy atom. The molecule has 3 N–H and O–H groups in total. The van der Waals surface area contributed by atoms with Crippen molar-refractivity contribution in [1.29, 1.82) is 0 Å². The third kappa shape index (κ3) is 3.15. The van der Waals surface area contributed by atoms with E-state index in [2.05, 4.69) is 5.32 Å². The number of pyridine rings is 1. The Morgan fingerprint density at radius 3 is 2.53 bits per heavy atom. The standard InChI is InChI=1S/C19H18F3N3O5/c1-24-13-6-30-7-14(13)25-5-10(16(26)17(27)15(25)19(24)29)18(28)23-4-9-11(21)2-8(20)3-12(9)22/h2-3,5,13-14,19,27,29H,4,6-7H2,1H3,(H,23,28)/t13-,14+,19?/m1/s1. The van der Waals surface area contributed by atoms with E-state index < -0.39 is 58.4 Å². The number of benzene rings is 1. The topological polar surface area (TPSA) is 104 Å². The number of ether oxygens (including phenoxy) is 1. The van der Waals surface area contributed by atoms with Gasteiger partial charge in [0.25, 0.3) is 5.91 Å². The fourth-order valence-corrected chi connectivity index (χ4v) is 3.89. The molecule has 160 valence electrons. The highest BCUT2D eigenvalue weighted by molar-refractivity contribution is 5.94. The quantitative estimate of drug-likeness (QED) is 0.672. The number of aromatic hydroxyl groups is 1. The number of hydrogen-bond acceptors (Lipinski definition) is 6. The van der Waals surface area contributed by atoms with Gasteiger partial charge in [-0.3, -0.25) is 14.5 Å². The van der Waals surface area contributed by atoms with Crippen LogP contribution in [0.15, 0.2) is 23.1 Å². The van der Waals surface area contributed by atoms with Gasteiger partial charge in [-0.2, -0.15) is 0 Å². The van der Waals surface area contributed by atoms with Gasteiger partial charge in [0.2, 0.25) is 5.43 Å². The molecule has 8 nitrogen and oxygen atoms in total. The number of aromatic nitrogens is 1. The van der Waals surface area contributed by atoms with E-state index in [-0.39, 0.29) is 24.4 Å². The summed E-state index contributed by atoms with van der Waals surface area (Å²) in [5.41, 5.74) is -2.15. The maximum atomic E-state index is 13.8. The van der Waals surface area contributed by atoms with E-state index in [0.717, 1.165) is 0 Å². The molecular weight excluding hydrogens is 407 g/mol. The number of halogens is 3. The van der Waals surface area contributed by atoms with E-state index in [0.29, 0.717) is 18.7 Å². The zero-order valence-corrected chi connectivity index (χ0v) is 15.7. The van der Waals surface area contributed by atoms with Crippen molar-refractivity contribution < 1.29 is 32.9 Å². The molecule has 3 atom stereocenters. The van der Waals surface area contributed by atoms with Gasteiger partial charge in [0, 0.05) is 30.4 Å². The maximum absolute atomic E-state index is 13.8. The summed E-state index contributed by atoms with van der Waals surface area (Å²) in [6.45, 7) is -0.0848. The van der Waals surface area contributed by atoms with E-state index in [9.17, 15) is 33.0 Å². The van der Waals surface area contributed by atoms with E-state index in [1.165, 1.54) is 10.8 Å². The Bertz CT molecular complexity index is 1070. The van der Waals surface area contributed by atoms with Crippen LogP contribution in [0.2, 0.25) is 0 Å². The van der Waals surface area contributed by atoms with Crippen molar-refractivity contribution in [1.82, 2.24) is 14.8 Å². The molecule has 1 aromatic carbocycles. The van der Waals surface area contributed by atoms with E-state index in [4.69, 9.17) is 4.74 Å². The molecule has 2 aliphatic heterocycles. The molecule has 2 aliphatic rings. The largest absolute Gasteiger partial charge is 0.503 e. The average Bonchev–Trinajstić information content (AvgIpc) is 3.17. The van der Waals surface area contributed by atoms with Crippen LogP contribution in [0.5, 0.6) is 5.75 Å². The van der Waals surface area contributed by atoms with Crippen LogP contribution in [0, 0.1) is 17.5 Å². The summed E-state index contributed by atoms with van der Waals surface area (Å²) in [5, 5.41) is 23.1. The number of aliphatic hydroxyl groups is 1. The number of hydrogen-bond donors (Lipinski definition) is 3. The summed E-state index contributed by atoms with van der Waals surface area (Å²) in [7, 11) is 1.62. The number of carbonyl (C=O) groups is 1. The second-order valence-electron chi connectivity index (χ2n) is 7.25. The lowest BCUT2D eigenvalue weighted by atomic mass is 10.0. The van der Waals surface area contributed by atoms with Crippen LogP contribution >= 0.6 is 0 Å². The summed E-state index contributed by atoms with van der Waals surface area (Å²) in [5.74, 6) is -5.26. The monoisotopic (exact) mass is 425 g/mol. The summed E-state index contributed by atoms with van der Waals surface area (Å²) in [6.07, 6.45) is -0.104. The molecule has 1 saturated heterocycles. The fraction of sp³-hybridized carbons (Fsp3) is 0.368. The molecule has 1 aromatic heterocycles. The van der Waals surface area contributed by atoms with E-state index >= 15 is 0 Å². The van der Waals surface area contributed by atoms with Gasteiger partial charge < -0.3 is 24.8 Å². The number of nitrogens with zero attached hydrogens (tertiary/aromatic N) is 2. The van der Waals surface area contributed by atoms with Crippen molar-refractivity contribution in [3.8, 4) is 5.75 Å². The number of nitrogens with one attached hydrogen (secondary N) is 1. The highest BCUT2D eigenvalue weighted by Crippen LogP contribution is 2.38. The highest BCUT2D eigenvalue weighted by atomic mass is 19.1. The van der Waals surface area contributed by atoms with Crippen LogP contribution in [0.3, 0.4) is 0 Å². The van der Waals surface area contributed by atoms with Gasteiger partial charge >= 0.3 is 0 Å².